The van der Waals surface area contributed by atoms with Gasteiger partial charge in [-0.05, 0) is 72.5 Å². The van der Waals surface area contributed by atoms with Crippen LogP contribution in [0.3, 0.4) is 0 Å². The molecule has 5 aromatic rings. The van der Waals surface area contributed by atoms with Gasteiger partial charge in [0.2, 0.25) is 0 Å². The Bertz CT molecular complexity index is 1660. The zero-order valence-corrected chi connectivity index (χ0v) is 20.3. The third-order valence-electron chi connectivity index (χ3n) is 6.52. The summed E-state index contributed by atoms with van der Waals surface area (Å²) >= 11 is 0. The van der Waals surface area contributed by atoms with Crippen LogP contribution in [-0.2, 0) is 0 Å². The lowest BCUT2D eigenvalue weighted by Crippen LogP contribution is -2.09. The number of likely N-dealkylation sites (N-methyl/N-ethyl adjacent to an activating group) is 1. The van der Waals surface area contributed by atoms with Crippen LogP contribution in [0.4, 0.5) is 0 Å². The fourth-order valence-electron chi connectivity index (χ4n) is 4.43. The number of hydrogen-bond acceptors (Lipinski definition) is 5. The van der Waals surface area contributed by atoms with E-state index in [9.17, 15) is 0 Å². The summed E-state index contributed by atoms with van der Waals surface area (Å²) in [6, 6.07) is 14.3. The first kappa shape index (κ1) is 21.9. The van der Waals surface area contributed by atoms with E-state index in [4.69, 9.17) is 5.73 Å². The molecule has 178 valence electrons. The number of H-pyrrole nitrogens is 2. The van der Waals surface area contributed by atoms with Gasteiger partial charge < -0.3 is 15.6 Å². The van der Waals surface area contributed by atoms with Crippen LogP contribution in [-0.4, -0.2) is 44.1 Å². The van der Waals surface area contributed by atoms with Crippen LogP contribution in [0, 0.1) is 0 Å². The molecule has 0 saturated heterocycles. The van der Waals surface area contributed by atoms with Gasteiger partial charge in [0.25, 0.3) is 0 Å². The molecule has 1 saturated carbocycles. The minimum absolute atomic E-state index is 0.855. The van der Waals surface area contributed by atoms with Crippen molar-refractivity contribution in [1.82, 2.24) is 30.0 Å². The van der Waals surface area contributed by atoms with Gasteiger partial charge in [0.15, 0.2) is 0 Å². The molecule has 1 aliphatic carbocycles. The van der Waals surface area contributed by atoms with Crippen LogP contribution < -0.4 is 5.73 Å². The number of aromatic nitrogens is 5. The van der Waals surface area contributed by atoms with Crippen molar-refractivity contribution in [2.24, 2.45) is 5.73 Å². The summed E-state index contributed by atoms with van der Waals surface area (Å²) in [5.41, 5.74) is 16.3. The van der Waals surface area contributed by atoms with Crippen LogP contribution >= 0.6 is 0 Å². The Balaban J connectivity index is 1.43. The Morgan fingerprint density at radius 2 is 1.86 bits per heavy atom. The number of pyridine rings is 2. The molecule has 1 fully saturated rings. The van der Waals surface area contributed by atoms with Gasteiger partial charge in [-0.2, -0.15) is 5.10 Å². The summed E-state index contributed by atoms with van der Waals surface area (Å²) < 4.78 is 0. The first-order valence-corrected chi connectivity index (χ1v) is 12.0. The number of benzene rings is 1. The third-order valence-corrected chi connectivity index (χ3v) is 6.52. The van der Waals surface area contributed by atoms with Crippen LogP contribution in [0.25, 0.3) is 50.0 Å². The van der Waals surface area contributed by atoms with E-state index in [0.29, 0.717) is 0 Å². The van der Waals surface area contributed by atoms with Gasteiger partial charge in [0, 0.05) is 66.4 Å². The summed E-state index contributed by atoms with van der Waals surface area (Å²) in [5, 5.41) is 9.88. The zero-order valence-electron chi connectivity index (χ0n) is 20.3. The van der Waals surface area contributed by atoms with Crippen molar-refractivity contribution in [3.63, 3.8) is 0 Å². The molecule has 7 nitrogen and oxygen atoms in total. The minimum atomic E-state index is 0.855. The molecule has 1 aliphatic rings. The normalized spacial score (nSPS) is 14.0. The van der Waals surface area contributed by atoms with Crippen LogP contribution in [0.2, 0.25) is 0 Å². The van der Waals surface area contributed by atoms with Crippen molar-refractivity contribution >= 4 is 27.4 Å². The lowest BCUT2D eigenvalue weighted by Gasteiger charge is -2.15. The highest BCUT2D eigenvalue weighted by Gasteiger charge is 2.16. The minimum Gasteiger partial charge on any atom is -0.404 e. The summed E-state index contributed by atoms with van der Waals surface area (Å²) in [4.78, 5) is 14.5. The molecule has 4 heterocycles. The molecule has 7 heteroatoms. The number of rotatable bonds is 6. The summed E-state index contributed by atoms with van der Waals surface area (Å²) in [6.07, 6.45) is 13.8. The predicted octanol–water partition coefficient (Wildman–Crippen LogP) is 5.63. The fraction of sp³-hybridized carbons (Fsp3) is 0.138. The van der Waals surface area contributed by atoms with Crippen molar-refractivity contribution in [1.29, 1.82) is 0 Å². The van der Waals surface area contributed by atoms with Crippen molar-refractivity contribution in [2.75, 3.05) is 14.1 Å². The highest BCUT2D eigenvalue weighted by molar-refractivity contribution is 6.00. The van der Waals surface area contributed by atoms with E-state index in [0.717, 1.165) is 61.3 Å². The Morgan fingerprint density at radius 3 is 2.61 bits per heavy atom. The Morgan fingerprint density at radius 1 is 1.00 bits per heavy atom. The second kappa shape index (κ2) is 8.85. The lowest BCUT2D eigenvalue weighted by molar-refractivity contribution is 0.530. The molecule has 6 rings (SSSR count). The first-order chi connectivity index (χ1) is 17.6. The number of nitrogens with two attached hydrogens (primary N) is 1. The van der Waals surface area contributed by atoms with Crippen LogP contribution in [0.15, 0.2) is 90.7 Å². The molecule has 0 spiro atoms. The predicted molar refractivity (Wildman–Crippen MR) is 146 cm³/mol. The van der Waals surface area contributed by atoms with E-state index in [2.05, 4.69) is 80.6 Å². The molecule has 0 aliphatic heterocycles. The number of hydrogen-bond donors (Lipinski definition) is 3. The molecule has 0 radical (unpaired) electrons. The van der Waals surface area contributed by atoms with E-state index in [1.54, 1.807) is 12.4 Å². The summed E-state index contributed by atoms with van der Waals surface area (Å²) in [5.74, 6) is 0. The zero-order chi connectivity index (χ0) is 24.6. The molecule has 0 unspecified atom stereocenters. The summed E-state index contributed by atoms with van der Waals surface area (Å²) in [6.45, 7) is 0. The second-order valence-corrected chi connectivity index (χ2v) is 9.27. The molecule has 4 N–H and O–H groups in total. The average Bonchev–Trinajstić information content (AvgIpc) is 3.45. The molecule has 0 amide bonds. The van der Waals surface area contributed by atoms with E-state index in [-0.39, 0.29) is 0 Å². The van der Waals surface area contributed by atoms with E-state index < -0.39 is 0 Å². The van der Waals surface area contributed by atoms with Gasteiger partial charge in [-0.1, -0.05) is 11.6 Å². The average molecular weight is 474 g/mol. The van der Waals surface area contributed by atoms with Crippen molar-refractivity contribution in [3.05, 3.63) is 96.2 Å². The van der Waals surface area contributed by atoms with Crippen LogP contribution in [0.5, 0.6) is 0 Å². The van der Waals surface area contributed by atoms with Gasteiger partial charge in [-0.15, -0.1) is 0 Å². The standard InChI is InChI=1S/C29H27N7/c1-36(2)22(12-18-5-6-18)13-21(16-30)19-7-8-26-23(14-19)29(35-34-26)27-15-24-25(33-27)9-11-32-28(24)20-4-3-10-31-17-20/h3-4,7-17,33H,5-6,30H2,1-2H3,(H,34,35)/b21-16+,22-13+. The van der Waals surface area contributed by atoms with E-state index in [1.807, 2.05) is 30.6 Å². The third kappa shape index (κ3) is 4.05. The van der Waals surface area contributed by atoms with Crippen LogP contribution in [0.1, 0.15) is 18.4 Å². The smallest absolute Gasteiger partial charge is 0.116 e. The number of fused-ring (bicyclic) bond motifs is 2. The highest BCUT2D eigenvalue weighted by Crippen LogP contribution is 2.34. The summed E-state index contributed by atoms with van der Waals surface area (Å²) in [7, 11) is 4.11. The highest BCUT2D eigenvalue weighted by atomic mass is 15.1. The molecule has 36 heavy (non-hydrogen) atoms. The topological polar surface area (TPSA) is 99.5 Å². The second-order valence-electron chi connectivity index (χ2n) is 9.27. The SMILES string of the molecule is CN(C)/C(C=C1CC1)=C/C(=C\N)c1ccc2[nH]nc(-c3cc4c(-c5cccnc5)nccc4[nH]3)c2c1. The maximum absolute atomic E-state index is 6.10. The molecule has 1 aromatic carbocycles. The van der Waals surface area contributed by atoms with Gasteiger partial charge in [-0.3, -0.25) is 15.1 Å². The number of nitrogens with one attached hydrogen (secondary N) is 2. The Kier molecular flexibility index (Phi) is 5.37. The van der Waals surface area contributed by atoms with Gasteiger partial charge >= 0.3 is 0 Å². The largest absolute Gasteiger partial charge is 0.404 e. The molecule has 0 bridgehead atoms. The Labute approximate surface area is 209 Å². The van der Waals surface area contributed by atoms with Gasteiger partial charge in [-0.25, -0.2) is 0 Å². The van der Waals surface area contributed by atoms with Crippen molar-refractivity contribution < 1.29 is 0 Å². The monoisotopic (exact) mass is 473 g/mol. The molecule has 4 aromatic heterocycles. The van der Waals surface area contributed by atoms with Crippen molar-refractivity contribution in [2.45, 2.75) is 12.8 Å². The Hall–Kier alpha value is -4.65. The first-order valence-electron chi connectivity index (χ1n) is 12.0. The van der Waals surface area contributed by atoms with E-state index >= 15 is 0 Å². The number of nitrogens with zero attached hydrogens (tertiary/aromatic N) is 4. The van der Waals surface area contributed by atoms with E-state index in [1.165, 1.54) is 18.4 Å². The molecule has 0 atom stereocenters. The maximum Gasteiger partial charge on any atom is 0.116 e. The number of allylic oxidation sites excluding steroid dienone is 4. The number of aromatic amines is 2. The maximum atomic E-state index is 6.10. The van der Waals surface area contributed by atoms with Crippen molar-refractivity contribution in [3.8, 4) is 22.6 Å². The molecular weight excluding hydrogens is 446 g/mol. The lowest BCUT2D eigenvalue weighted by atomic mass is 10.0. The molecular formula is C29H27N7. The quantitative estimate of drug-likeness (QED) is 0.277. The van der Waals surface area contributed by atoms with Gasteiger partial charge in [0.1, 0.15) is 5.69 Å². The van der Waals surface area contributed by atoms with Gasteiger partial charge in [0.05, 0.1) is 16.9 Å². The fourth-order valence-corrected chi connectivity index (χ4v) is 4.43.